The molecule has 1 aliphatic rings. The number of aromatic nitrogens is 3. The van der Waals surface area contributed by atoms with Crippen LogP contribution in [0.4, 0.5) is 11.9 Å². The summed E-state index contributed by atoms with van der Waals surface area (Å²) in [6, 6.07) is 0.790. The minimum absolute atomic E-state index is 0.358. The molecule has 6 nitrogen and oxygen atoms in total. The molecule has 1 heterocycles. The lowest BCUT2D eigenvalue weighted by Gasteiger charge is -2.31. The highest BCUT2D eigenvalue weighted by Gasteiger charge is 2.17. The second-order valence-corrected chi connectivity index (χ2v) is 5.10. The largest absolute Gasteiger partial charge is 0.368 e. The van der Waals surface area contributed by atoms with Crippen LogP contribution in [-0.2, 0) is 0 Å². The van der Waals surface area contributed by atoms with Gasteiger partial charge >= 0.3 is 0 Å². The predicted octanol–water partition coefficient (Wildman–Crippen LogP) is 1.45. The summed E-state index contributed by atoms with van der Waals surface area (Å²) in [5.74, 6) is 0.949. The lowest BCUT2D eigenvalue weighted by atomic mass is 9.94. The summed E-state index contributed by atoms with van der Waals surface area (Å²) in [6.45, 7) is 2.01. The molecule has 6 heteroatoms. The molecule has 1 saturated carbocycles. The van der Waals surface area contributed by atoms with Gasteiger partial charge in [0.25, 0.3) is 0 Å². The van der Waals surface area contributed by atoms with Crippen LogP contribution in [0.15, 0.2) is 0 Å². The third-order valence-electron chi connectivity index (χ3n) is 3.67. The van der Waals surface area contributed by atoms with Crippen LogP contribution in [0.2, 0.25) is 0 Å². The molecule has 0 unspecified atom stereocenters. The van der Waals surface area contributed by atoms with Gasteiger partial charge in [0.1, 0.15) is 0 Å². The summed E-state index contributed by atoms with van der Waals surface area (Å²) in [5, 5.41) is 9.71. The number of anilines is 2. The van der Waals surface area contributed by atoms with Gasteiger partial charge in [-0.1, -0.05) is 19.3 Å². The van der Waals surface area contributed by atoms with E-state index in [9.17, 15) is 0 Å². The lowest BCUT2D eigenvalue weighted by molar-refractivity contribution is 0.191. The minimum Gasteiger partial charge on any atom is -0.368 e. The quantitative estimate of drug-likeness (QED) is 0.668. The fraction of sp³-hybridized carbons (Fsp3) is 0.833. The van der Waals surface area contributed by atoms with Gasteiger partial charge in [-0.2, -0.15) is 4.98 Å². The number of rotatable bonds is 6. The van der Waals surface area contributed by atoms with Gasteiger partial charge in [-0.25, -0.2) is 5.10 Å². The van der Waals surface area contributed by atoms with Crippen LogP contribution in [-0.4, -0.2) is 46.3 Å². The molecule has 2 rings (SSSR count). The third-order valence-corrected chi connectivity index (χ3v) is 3.67. The monoisotopic (exact) mass is 252 g/mol. The number of hydrogen-bond donors (Lipinski definition) is 3. The Labute approximate surface area is 108 Å². The Morgan fingerprint density at radius 3 is 2.83 bits per heavy atom. The molecule has 0 radical (unpaired) electrons. The number of nitrogens with zero attached hydrogens (tertiary/aromatic N) is 3. The molecule has 0 aliphatic heterocycles. The van der Waals surface area contributed by atoms with E-state index in [0.29, 0.717) is 11.9 Å². The molecule has 0 amide bonds. The van der Waals surface area contributed by atoms with Gasteiger partial charge in [-0.15, -0.1) is 5.10 Å². The van der Waals surface area contributed by atoms with Gasteiger partial charge in [0.05, 0.1) is 0 Å². The maximum atomic E-state index is 5.45. The van der Waals surface area contributed by atoms with E-state index in [0.717, 1.165) is 25.6 Å². The van der Waals surface area contributed by atoms with E-state index in [4.69, 9.17) is 5.73 Å². The third kappa shape index (κ3) is 3.87. The molecule has 0 bridgehead atoms. The number of nitrogens with one attached hydrogen (secondary N) is 2. The average Bonchev–Trinajstić information content (AvgIpc) is 2.81. The summed E-state index contributed by atoms with van der Waals surface area (Å²) in [5.41, 5.74) is 5.45. The topological polar surface area (TPSA) is 82.9 Å². The normalized spacial score (nSPS) is 17.2. The molecule has 1 fully saturated rings. The summed E-state index contributed by atoms with van der Waals surface area (Å²) in [6.07, 6.45) is 8.02. The van der Waals surface area contributed by atoms with Crippen LogP contribution in [0, 0.1) is 0 Å². The van der Waals surface area contributed by atoms with Crippen molar-refractivity contribution < 1.29 is 0 Å². The second-order valence-electron chi connectivity index (χ2n) is 5.10. The van der Waals surface area contributed by atoms with E-state index >= 15 is 0 Å². The van der Waals surface area contributed by atoms with Crippen molar-refractivity contribution >= 4 is 11.9 Å². The Morgan fingerprint density at radius 1 is 1.39 bits per heavy atom. The first kappa shape index (κ1) is 13.1. The van der Waals surface area contributed by atoms with Gasteiger partial charge in [0.15, 0.2) is 0 Å². The number of nitrogen functional groups attached to an aromatic ring is 1. The first-order valence-electron chi connectivity index (χ1n) is 6.87. The Kier molecular flexibility index (Phi) is 4.81. The van der Waals surface area contributed by atoms with E-state index in [1.54, 1.807) is 0 Å². The van der Waals surface area contributed by atoms with Gasteiger partial charge < -0.3 is 16.0 Å². The Balaban J connectivity index is 1.59. The number of H-pyrrole nitrogens is 1. The van der Waals surface area contributed by atoms with Crippen LogP contribution in [0.3, 0.4) is 0 Å². The zero-order valence-electron chi connectivity index (χ0n) is 11.2. The Hall–Kier alpha value is -1.30. The molecule has 0 saturated heterocycles. The minimum atomic E-state index is 0.358. The molecule has 102 valence electrons. The van der Waals surface area contributed by atoms with Crippen LogP contribution in [0.1, 0.15) is 38.5 Å². The van der Waals surface area contributed by atoms with Crippen molar-refractivity contribution in [3.8, 4) is 0 Å². The zero-order chi connectivity index (χ0) is 12.8. The summed E-state index contributed by atoms with van der Waals surface area (Å²) in [4.78, 5) is 6.50. The highest BCUT2D eigenvalue weighted by atomic mass is 15.3. The van der Waals surface area contributed by atoms with Crippen LogP contribution < -0.4 is 11.1 Å². The van der Waals surface area contributed by atoms with Gasteiger partial charge in [0.2, 0.25) is 11.9 Å². The molecule has 0 aromatic carbocycles. The second kappa shape index (κ2) is 6.58. The average molecular weight is 252 g/mol. The Bertz CT molecular complexity index is 344. The van der Waals surface area contributed by atoms with Crippen molar-refractivity contribution in [1.82, 2.24) is 20.1 Å². The molecule has 0 atom stereocenters. The van der Waals surface area contributed by atoms with Crippen molar-refractivity contribution in [1.29, 1.82) is 0 Å². The fourth-order valence-corrected chi connectivity index (χ4v) is 2.59. The number of hydrogen-bond acceptors (Lipinski definition) is 5. The summed E-state index contributed by atoms with van der Waals surface area (Å²) in [7, 11) is 2.24. The molecule has 18 heavy (non-hydrogen) atoms. The van der Waals surface area contributed by atoms with Crippen LogP contribution in [0.5, 0.6) is 0 Å². The van der Waals surface area contributed by atoms with Crippen molar-refractivity contribution in [3.05, 3.63) is 0 Å². The van der Waals surface area contributed by atoms with Crippen molar-refractivity contribution in [3.63, 3.8) is 0 Å². The maximum Gasteiger partial charge on any atom is 0.243 e. The summed E-state index contributed by atoms with van der Waals surface area (Å²) < 4.78 is 0. The molecule has 1 aliphatic carbocycles. The molecule has 1 aromatic heterocycles. The Morgan fingerprint density at radius 2 is 2.17 bits per heavy atom. The zero-order valence-corrected chi connectivity index (χ0v) is 11.2. The van der Waals surface area contributed by atoms with Crippen LogP contribution >= 0.6 is 0 Å². The van der Waals surface area contributed by atoms with Crippen molar-refractivity contribution in [2.45, 2.75) is 44.6 Å². The molecular formula is C12H24N6. The van der Waals surface area contributed by atoms with E-state index in [2.05, 4.69) is 32.4 Å². The van der Waals surface area contributed by atoms with Crippen LogP contribution in [0.25, 0.3) is 0 Å². The fourth-order valence-electron chi connectivity index (χ4n) is 2.59. The van der Waals surface area contributed by atoms with E-state index < -0.39 is 0 Å². The molecule has 4 N–H and O–H groups in total. The van der Waals surface area contributed by atoms with Crippen molar-refractivity contribution in [2.75, 3.05) is 31.2 Å². The van der Waals surface area contributed by atoms with E-state index in [-0.39, 0.29) is 0 Å². The smallest absolute Gasteiger partial charge is 0.243 e. The molecule has 1 aromatic rings. The molecule has 0 spiro atoms. The van der Waals surface area contributed by atoms with Gasteiger partial charge in [-0.3, -0.25) is 0 Å². The summed E-state index contributed by atoms with van der Waals surface area (Å²) >= 11 is 0. The maximum absolute atomic E-state index is 5.45. The van der Waals surface area contributed by atoms with Gasteiger partial charge in [0, 0.05) is 12.6 Å². The standard InChI is InChI=1S/C12H24N6/c1-18(10-6-3-2-4-7-10)9-5-8-14-12-15-11(13)16-17-12/h10H,2-9H2,1H3,(H4,13,14,15,16,17). The van der Waals surface area contributed by atoms with Crippen molar-refractivity contribution in [2.24, 2.45) is 0 Å². The highest BCUT2D eigenvalue weighted by molar-refractivity contribution is 5.29. The van der Waals surface area contributed by atoms with E-state index in [1.165, 1.54) is 32.1 Å². The number of aromatic amines is 1. The van der Waals surface area contributed by atoms with Gasteiger partial charge in [-0.05, 0) is 32.9 Å². The highest BCUT2D eigenvalue weighted by Crippen LogP contribution is 2.21. The molecular weight excluding hydrogens is 228 g/mol. The lowest BCUT2D eigenvalue weighted by Crippen LogP contribution is -2.34. The first-order valence-corrected chi connectivity index (χ1v) is 6.87. The number of nitrogens with two attached hydrogens (primary N) is 1. The van der Waals surface area contributed by atoms with E-state index in [1.807, 2.05) is 0 Å². The predicted molar refractivity (Wildman–Crippen MR) is 73.4 cm³/mol. The first-order chi connectivity index (χ1) is 8.75. The SMILES string of the molecule is CN(CCCNc1n[nH]c(N)n1)C1CCCCC1.